The number of carbonyl (C=O) groups excluding carboxylic acids is 1. The van der Waals surface area contributed by atoms with Gasteiger partial charge in [0.1, 0.15) is 6.21 Å². The SMILES string of the molecule is O=C(Cl)C1C=C([N+](=O)[O-])N=CC1. The van der Waals surface area contributed by atoms with Crippen molar-refractivity contribution in [3.8, 4) is 0 Å². The summed E-state index contributed by atoms with van der Waals surface area (Å²) in [5, 5.41) is 9.59. The van der Waals surface area contributed by atoms with Gasteiger partial charge in [-0.25, -0.2) is 0 Å². The third-order valence-electron chi connectivity index (χ3n) is 1.41. The maximum Gasteiger partial charge on any atom is 0.359 e. The number of hydrogen-bond donors (Lipinski definition) is 0. The molecule has 0 saturated heterocycles. The molecule has 0 fully saturated rings. The Hall–Kier alpha value is -1.23. The molecule has 0 radical (unpaired) electrons. The van der Waals surface area contributed by atoms with Crippen LogP contribution in [0.15, 0.2) is 16.9 Å². The predicted molar refractivity (Wildman–Crippen MR) is 42.5 cm³/mol. The Bertz CT molecular complexity index is 285. The summed E-state index contributed by atoms with van der Waals surface area (Å²) < 4.78 is 0. The highest BCUT2D eigenvalue weighted by Gasteiger charge is 2.22. The summed E-state index contributed by atoms with van der Waals surface area (Å²) in [6, 6.07) is 0. The van der Waals surface area contributed by atoms with E-state index in [0.29, 0.717) is 6.42 Å². The molecule has 1 atom stereocenters. The average molecular weight is 189 g/mol. The Kier molecular flexibility index (Phi) is 2.54. The summed E-state index contributed by atoms with van der Waals surface area (Å²) in [5.74, 6) is -0.926. The number of hydrogen-bond acceptors (Lipinski definition) is 4. The highest BCUT2D eigenvalue weighted by Crippen LogP contribution is 2.16. The molecule has 1 heterocycles. The Balaban J connectivity index is 2.82. The van der Waals surface area contributed by atoms with Gasteiger partial charge in [0.05, 0.1) is 5.92 Å². The van der Waals surface area contributed by atoms with Crippen molar-refractivity contribution in [2.24, 2.45) is 10.9 Å². The van der Waals surface area contributed by atoms with Crippen molar-refractivity contribution in [1.29, 1.82) is 0 Å². The Labute approximate surface area is 72.9 Å². The quantitative estimate of drug-likeness (QED) is 0.368. The largest absolute Gasteiger partial charge is 0.359 e. The number of rotatable bonds is 2. The zero-order valence-corrected chi connectivity index (χ0v) is 6.69. The van der Waals surface area contributed by atoms with Crippen LogP contribution < -0.4 is 0 Å². The molecule has 0 N–H and O–H groups in total. The van der Waals surface area contributed by atoms with E-state index in [9.17, 15) is 14.9 Å². The molecule has 0 amide bonds. The summed E-state index contributed by atoms with van der Waals surface area (Å²) >= 11 is 5.16. The van der Waals surface area contributed by atoms with Crippen molar-refractivity contribution in [3.05, 3.63) is 22.0 Å². The molecule has 0 spiro atoms. The van der Waals surface area contributed by atoms with Crippen molar-refractivity contribution in [2.45, 2.75) is 6.42 Å². The van der Waals surface area contributed by atoms with E-state index in [1.54, 1.807) is 0 Å². The normalized spacial score (nSPS) is 21.8. The van der Waals surface area contributed by atoms with E-state index in [2.05, 4.69) is 4.99 Å². The second kappa shape index (κ2) is 3.44. The fraction of sp³-hybridized carbons (Fsp3) is 0.333. The zero-order valence-electron chi connectivity index (χ0n) is 5.94. The topological polar surface area (TPSA) is 72.6 Å². The molecule has 0 aromatic rings. The Morgan fingerprint density at radius 3 is 3.00 bits per heavy atom. The molecule has 1 unspecified atom stereocenters. The Morgan fingerprint density at radius 2 is 2.50 bits per heavy atom. The van der Waals surface area contributed by atoms with Crippen LogP contribution in [0.4, 0.5) is 0 Å². The second-order valence-corrected chi connectivity index (χ2v) is 2.61. The molecule has 0 saturated carbocycles. The molecular formula is C6H5ClN2O3. The lowest BCUT2D eigenvalue weighted by molar-refractivity contribution is -0.426. The zero-order chi connectivity index (χ0) is 9.14. The van der Waals surface area contributed by atoms with Gasteiger partial charge in [-0.15, -0.1) is 0 Å². The van der Waals surface area contributed by atoms with Gasteiger partial charge in [0.15, 0.2) is 0 Å². The summed E-state index contributed by atoms with van der Waals surface area (Å²) in [6.45, 7) is 0. The van der Waals surface area contributed by atoms with Crippen molar-refractivity contribution in [3.63, 3.8) is 0 Å². The number of nitrogens with zero attached hydrogens (tertiary/aromatic N) is 2. The number of carbonyl (C=O) groups is 1. The minimum absolute atomic E-state index is 0.319. The minimum atomic E-state index is -0.650. The molecule has 0 bridgehead atoms. The van der Waals surface area contributed by atoms with Crippen LogP contribution >= 0.6 is 11.6 Å². The third kappa shape index (κ3) is 1.88. The molecule has 0 aromatic heterocycles. The lowest BCUT2D eigenvalue weighted by Gasteiger charge is -2.04. The van der Waals surface area contributed by atoms with Crippen LogP contribution in [0, 0.1) is 16.0 Å². The maximum absolute atomic E-state index is 10.6. The minimum Gasteiger partial charge on any atom is -0.358 e. The van der Waals surface area contributed by atoms with Crippen LogP contribution in [-0.2, 0) is 4.79 Å². The van der Waals surface area contributed by atoms with E-state index in [0.717, 1.165) is 6.08 Å². The molecular weight excluding hydrogens is 184 g/mol. The highest BCUT2D eigenvalue weighted by atomic mass is 35.5. The van der Waals surface area contributed by atoms with E-state index in [-0.39, 0.29) is 5.82 Å². The van der Waals surface area contributed by atoms with E-state index >= 15 is 0 Å². The fourth-order valence-corrected chi connectivity index (χ4v) is 0.969. The van der Waals surface area contributed by atoms with Crippen LogP contribution in [0.3, 0.4) is 0 Å². The molecule has 5 nitrogen and oxygen atoms in total. The first-order valence-electron chi connectivity index (χ1n) is 3.19. The van der Waals surface area contributed by atoms with E-state index < -0.39 is 16.1 Å². The molecule has 1 rings (SSSR count). The monoisotopic (exact) mass is 188 g/mol. The molecule has 1 aliphatic heterocycles. The number of halogens is 1. The summed E-state index contributed by atoms with van der Waals surface area (Å²) in [4.78, 5) is 23.6. The average Bonchev–Trinajstić information content (AvgIpc) is 2.04. The predicted octanol–water partition coefficient (Wildman–Crippen LogP) is 0.961. The lowest BCUT2D eigenvalue weighted by Crippen LogP contribution is -2.13. The van der Waals surface area contributed by atoms with Crippen LogP contribution in [-0.4, -0.2) is 16.4 Å². The van der Waals surface area contributed by atoms with Gasteiger partial charge in [-0.05, 0) is 16.5 Å². The molecule has 12 heavy (non-hydrogen) atoms. The molecule has 0 aromatic carbocycles. The first kappa shape index (κ1) is 8.86. The molecule has 1 aliphatic rings. The number of nitro groups is 1. The van der Waals surface area contributed by atoms with Gasteiger partial charge in [0.2, 0.25) is 5.24 Å². The first-order valence-corrected chi connectivity index (χ1v) is 3.57. The summed E-state index contributed by atoms with van der Waals surface area (Å²) in [6.07, 6.45) is 2.82. The first-order chi connectivity index (χ1) is 5.61. The van der Waals surface area contributed by atoms with Gasteiger partial charge in [0, 0.05) is 12.5 Å². The van der Waals surface area contributed by atoms with Crippen molar-refractivity contribution >= 4 is 23.1 Å². The van der Waals surface area contributed by atoms with Crippen LogP contribution in [0.2, 0.25) is 0 Å². The van der Waals surface area contributed by atoms with Crippen LogP contribution in [0.5, 0.6) is 0 Å². The highest BCUT2D eigenvalue weighted by molar-refractivity contribution is 6.64. The van der Waals surface area contributed by atoms with E-state index in [1.165, 1.54) is 6.21 Å². The second-order valence-electron chi connectivity index (χ2n) is 2.24. The number of allylic oxidation sites excluding steroid dienone is 1. The van der Waals surface area contributed by atoms with E-state index in [4.69, 9.17) is 11.6 Å². The summed E-state index contributed by atoms with van der Waals surface area (Å²) in [7, 11) is 0. The van der Waals surface area contributed by atoms with Gasteiger partial charge in [-0.1, -0.05) is 4.99 Å². The lowest BCUT2D eigenvalue weighted by atomic mass is 10.1. The Morgan fingerprint density at radius 1 is 1.83 bits per heavy atom. The van der Waals surface area contributed by atoms with Crippen molar-refractivity contribution in [1.82, 2.24) is 0 Å². The standard InChI is InChI=1S/C6H5ClN2O3/c7-6(10)4-1-2-8-5(3-4)9(11)12/h2-4H,1H2. The van der Waals surface area contributed by atoms with Crippen molar-refractivity contribution in [2.75, 3.05) is 0 Å². The van der Waals surface area contributed by atoms with Gasteiger partial charge in [0.25, 0.3) is 0 Å². The van der Waals surface area contributed by atoms with E-state index in [1.807, 2.05) is 0 Å². The molecule has 0 aliphatic carbocycles. The van der Waals surface area contributed by atoms with Crippen molar-refractivity contribution < 1.29 is 9.72 Å². The van der Waals surface area contributed by atoms with Gasteiger partial charge >= 0.3 is 5.82 Å². The molecule has 64 valence electrons. The smallest absolute Gasteiger partial charge is 0.358 e. The van der Waals surface area contributed by atoms with Crippen LogP contribution in [0.25, 0.3) is 0 Å². The van der Waals surface area contributed by atoms with Gasteiger partial charge in [-0.3, -0.25) is 4.79 Å². The number of aliphatic imine (C=N–C) groups is 1. The van der Waals surface area contributed by atoms with Gasteiger partial charge < -0.3 is 10.1 Å². The summed E-state index contributed by atoms with van der Waals surface area (Å²) in [5.41, 5.74) is 0. The molecule has 6 heteroatoms. The maximum atomic E-state index is 10.6. The van der Waals surface area contributed by atoms with Crippen LogP contribution in [0.1, 0.15) is 6.42 Å². The third-order valence-corrected chi connectivity index (χ3v) is 1.69. The van der Waals surface area contributed by atoms with Gasteiger partial charge in [-0.2, -0.15) is 0 Å². The fourth-order valence-electron chi connectivity index (χ4n) is 0.817.